The number of aliphatic imine (C=N–C) groups is 1. The minimum atomic E-state index is -0.251. The van der Waals surface area contributed by atoms with Gasteiger partial charge in [-0.3, -0.25) is 4.99 Å². The Kier molecular flexibility index (Phi) is 12.5. The molecular weight excluding hydrogens is 512 g/mol. The number of guanidine groups is 1. The molecule has 0 aromatic heterocycles. The van der Waals surface area contributed by atoms with Crippen LogP contribution in [0.4, 0.5) is 4.39 Å². The maximum absolute atomic E-state index is 12.9. The van der Waals surface area contributed by atoms with Crippen LogP contribution in [-0.4, -0.2) is 69.1 Å². The summed E-state index contributed by atoms with van der Waals surface area (Å²) < 4.78 is 30.5. The minimum absolute atomic E-state index is 0. The molecular formula is C23H37FIN3O3. The fraction of sp³-hybridized carbons (Fsp3) is 0.696. The molecule has 2 heterocycles. The van der Waals surface area contributed by atoms with Crippen molar-refractivity contribution in [3.05, 3.63) is 30.1 Å². The lowest BCUT2D eigenvalue weighted by atomic mass is 10.1. The zero-order chi connectivity index (χ0) is 21.0. The van der Waals surface area contributed by atoms with E-state index in [-0.39, 0.29) is 35.9 Å². The maximum Gasteiger partial charge on any atom is 0.193 e. The molecule has 0 amide bonds. The lowest BCUT2D eigenvalue weighted by Gasteiger charge is -2.35. The van der Waals surface area contributed by atoms with Crippen molar-refractivity contribution in [3.8, 4) is 5.75 Å². The van der Waals surface area contributed by atoms with Gasteiger partial charge in [0, 0.05) is 39.2 Å². The summed E-state index contributed by atoms with van der Waals surface area (Å²) in [6, 6.07) is 6.11. The van der Waals surface area contributed by atoms with Crippen LogP contribution in [0.5, 0.6) is 5.75 Å². The quantitative estimate of drug-likeness (QED) is 0.216. The molecule has 0 spiro atoms. The molecule has 2 aliphatic rings. The molecule has 1 N–H and O–H groups in total. The van der Waals surface area contributed by atoms with Crippen molar-refractivity contribution in [1.82, 2.24) is 10.2 Å². The van der Waals surface area contributed by atoms with E-state index in [9.17, 15) is 4.39 Å². The number of halogens is 2. The molecule has 2 fully saturated rings. The van der Waals surface area contributed by atoms with Crippen molar-refractivity contribution in [3.63, 3.8) is 0 Å². The van der Waals surface area contributed by atoms with Crippen LogP contribution >= 0.6 is 24.0 Å². The lowest BCUT2D eigenvalue weighted by molar-refractivity contribution is -0.0721. The van der Waals surface area contributed by atoms with Crippen LogP contribution in [0.25, 0.3) is 0 Å². The van der Waals surface area contributed by atoms with Crippen molar-refractivity contribution in [2.75, 3.05) is 46.0 Å². The number of rotatable bonds is 9. The van der Waals surface area contributed by atoms with Gasteiger partial charge < -0.3 is 24.4 Å². The monoisotopic (exact) mass is 549 g/mol. The number of ether oxygens (including phenoxy) is 3. The summed E-state index contributed by atoms with van der Waals surface area (Å²) >= 11 is 0. The van der Waals surface area contributed by atoms with Crippen molar-refractivity contribution >= 4 is 29.9 Å². The van der Waals surface area contributed by atoms with Gasteiger partial charge in [0.2, 0.25) is 0 Å². The predicted molar refractivity (Wildman–Crippen MR) is 132 cm³/mol. The first-order chi connectivity index (χ1) is 14.7. The molecule has 1 aromatic carbocycles. The number of benzene rings is 1. The molecule has 1 aromatic rings. The van der Waals surface area contributed by atoms with E-state index in [0.717, 1.165) is 64.5 Å². The Hall–Kier alpha value is -1.13. The van der Waals surface area contributed by atoms with Crippen molar-refractivity contribution < 1.29 is 18.6 Å². The molecule has 31 heavy (non-hydrogen) atoms. The first-order valence-corrected chi connectivity index (χ1v) is 11.4. The van der Waals surface area contributed by atoms with Crippen LogP contribution in [0, 0.1) is 5.82 Å². The molecule has 0 radical (unpaired) electrons. The summed E-state index contributed by atoms with van der Waals surface area (Å²) in [5.74, 6) is 1.40. The molecule has 2 aliphatic heterocycles. The van der Waals surface area contributed by atoms with Gasteiger partial charge in [0.15, 0.2) is 5.96 Å². The van der Waals surface area contributed by atoms with Gasteiger partial charge in [-0.15, -0.1) is 24.0 Å². The lowest BCUT2D eigenvalue weighted by Crippen LogP contribution is -2.47. The Morgan fingerprint density at radius 1 is 1.19 bits per heavy atom. The Labute approximate surface area is 202 Å². The second-order valence-corrected chi connectivity index (χ2v) is 7.90. The van der Waals surface area contributed by atoms with Gasteiger partial charge in [-0.1, -0.05) is 0 Å². The van der Waals surface area contributed by atoms with Crippen LogP contribution in [0.15, 0.2) is 29.3 Å². The fourth-order valence-electron chi connectivity index (χ4n) is 3.81. The van der Waals surface area contributed by atoms with E-state index >= 15 is 0 Å². The zero-order valence-electron chi connectivity index (χ0n) is 18.6. The first kappa shape index (κ1) is 26.1. The fourth-order valence-corrected chi connectivity index (χ4v) is 3.81. The largest absolute Gasteiger partial charge is 0.494 e. The van der Waals surface area contributed by atoms with E-state index in [1.165, 1.54) is 25.0 Å². The highest BCUT2D eigenvalue weighted by Crippen LogP contribution is 2.18. The molecule has 0 saturated carbocycles. The summed E-state index contributed by atoms with van der Waals surface area (Å²) in [5, 5.41) is 3.40. The highest BCUT2D eigenvalue weighted by atomic mass is 127. The van der Waals surface area contributed by atoms with E-state index in [0.29, 0.717) is 25.0 Å². The Morgan fingerprint density at radius 2 is 1.97 bits per heavy atom. The highest BCUT2D eigenvalue weighted by Gasteiger charge is 2.23. The van der Waals surface area contributed by atoms with Crippen LogP contribution in [0.1, 0.15) is 45.4 Å². The van der Waals surface area contributed by atoms with E-state index in [1.807, 2.05) is 0 Å². The second kappa shape index (κ2) is 14.8. The summed E-state index contributed by atoms with van der Waals surface area (Å²) in [4.78, 5) is 7.08. The van der Waals surface area contributed by atoms with Gasteiger partial charge in [0.25, 0.3) is 0 Å². The SMILES string of the molecule is CCNC(=NCCCOc1ccc(F)cc1)N1CCC(OCC2CCCCO2)CC1.I. The standard InChI is InChI=1S/C23H36FN3O3.HI/c1-2-25-23(26-13-5-17-28-20-9-7-19(24)8-10-20)27-14-11-21(12-15-27)30-18-22-6-3-4-16-29-22;/h7-10,21-22H,2-6,11-18H2,1H3,(H,25,26);1H. The van der Waals surface area contributed by atoms with Gasteiger partial charge in [0.1, 0.15) is 11.6 Å². The summed E-state index contributed by atoms with van der Waals surface area (Å²) in [6.45, 7) is 7.71. The number of nitrogens with zero attached hydrogens (tertiary/aromatic N) is 2. The van der Waals surface area contributed by atoms with Crippen LogP contribution in [0.2, 0.25) is 0 Å². The van der Waals surface area contributed by atoms with E-state index < -0.39 is 0 Å². The normalized spacial score (nSPS) is 20.3. The Morgan fingerprint density at radius 3 is 2.65 bits per heavy atom. The second-order valence-electron chi connectivity index (χ2n) is 7.90. The van der Waals surface area contributed by atoms with E-state index in [2.05, 4.69) is 17.1 Å². The molecule has 1 atom stereocenters. The van der Waals surface area contributed by atoms with Gasteiger partial charge in [-0.05, 0) is 63.3 Å². The average Bonchev–Trinajstić information content (AvgIpc) is 2.79. The third-order valence-electron chi connectivity index (χ3n) is 5.51. The predicted octanol–water partition coefficient (Wildman–Crippen LogP) is 4.23. The first-order valence-electron chi connectivity index (χ1n) is 11.4. The molecule has 2 saturated heterocycles. The maximum atomic E-state index is 12.9. The van der Waals surface area contributed by atoms with Gasteiger partial charge in [-0.2, -0.15) is 0 Å². The van der Waals surface area contributed by atoms with Gasteiger partial charge >= 0.3 is 0 Å². The van der Waals surface area contributed by atoms with Gasteiger partial charge in [-0.25, -0.2) is 4.39 Å². The van der Waals surface area contributed by atoms with Crippen molar-refractivity contribution in [2.45, 2.75) is 57.7 Å². The molecule has 0 bridgehead atoms. The van der Waals surface area contributed by atoms with Crippen molar-refractivity contribution in [1.29, 1.82) is 0 Å². The third kappa shape index (κ3) is 9.49. The number of hydrogen-bond donors (Lipinski definition) is 1. The summed E-state index contributed by atoms with van der Waals surface area (Å²) in [6.07, 6.45) is 7.01. The smallest absolute Gasteiger partial charge is 0.193 e. The van der Waals surface area contributed by atoms with Crippen molar-refractivity contribution in [2.24, 2.45) is 4.99 Å². The molecule has 1 unspecified atom stereocenters. The Balaban J connectivity index is 0.00000341. The number of hydrogen-bond acceptors (Lipinski definition) is 4. The highest BCUT2D eigenvalue weighted by molar-refractivity contribution is 14.0. The summed E-state index contributed by atoms with van der Waals surface area (Å²) in [5.41, 5.74) is 0. The molecule has 0 aliphatic carbocycles. The third-order valence-corrected chi connectivity index (χ3v) is 5.51. The summed E-state index contributed by atoms with van der Waals surface area (Å²) in [7, 11) is 0. The Bertz CT molecular complexity index is 633. The van der Waals surface area contributed by atoms with E-state index in [1.54, 1.807) is 12.1 Å². The topological polar surface area (TPSA) is 55.3 Å². The molecule has 6 nitrogen and oxygen atoms in total. The molecule has 176 valence electrons. The van der Waals surface area contributed by atoms with Crippen LogP contribution in [-0.2, 0) is 9.47 Å². The minimum Gasteiger partial charge on any atom is -0.494 e. The number of likely N-dealkylation sites (tertiary alicyclic amines) is 1. The molecule has 3 rings (SSSR count). The number of nitrogens with one attached hydrogen (secondary N) is 1. The number of piperidine rings is 1. The zero-order valence-corrected chi connectivity index (χ0v) is 20.9. The van der Waals surface area contributed by atoms with Crippen LogP contribution in [0.3, 0.4) is 0 Å². The van der Waals surface area contributed by atoms with Gasteiger partial charge in [0.05, 0.1) is 25.4 Å². The van der Waals surface area contributed by atoms with E-state index in [4.69, 9.17) is 19.2 Å². The average molecular weight is 549 g/mol. The molecule has 8 heteroatoms. The van der Waals surface area contributed by atoms with Crippen LogP contribution < -0.4 is 10.1 Å².